The van der Waals surface area contributed by atoms with Crippen LogP contribution >= 0.6 is 50.5 Å². The van der Waals surface area contributed by atoms with E-state index < -0.39 is 0 Å². The number of quaternary nitrogens is 1. The Morgan fingerprint density at radius 3 is 2.63 bits per heavy atom. The Hall–Kier alpha value is -1.12. The number of hydrogen-bond acceptors (Lipinski definition) is 4. The van der Waals surface area contributed by atoms with Gasteiger partial charge in [-0.25, -0.2) is 4.59 Å². The molecule has 0 saturated carbocycles. The molecule has 3 heterocycles. The molecule has 0 spiro atoms. The number of hydrazone groups is 1. The Kier molecular flexibility index (Phi) is 6.47. The molecule has 1 amide bonds. The number of nitrogens with zero attached hydrogens (tertiary/aromatic N) is 3. The molecule has 1 N–H and O–H groups in total. The Labute approximate surface area is 199 Å². The van der Waals surface area contributed by atoms with E-state index in [1.165, 1.54) is 6.42 Å². The molecule has 5 nitrogen and oxygen atoms in total. The summed E-state index contributed by atoms with van der Waals surface area (Å²) in [6.45, 7) is 3.94. The third kappa shape index (κ3) is 4.41. The standard InChI is InChI=1S/C21H23BrCl2N4OS/c1-13-19(21(29)26-28(2)8-4-3-5-9-28)25-27(17-7-6-15(23)11-16(17)24)20(13)18-10-14(22)12-30-18/h6-7,10-13,20H,3-5,8-9H2,1-2H3/p+1. The Bertz CT molecular complexity index is 989. The average molecular weight is 531 g/mol. The average Bonchev–Trinajstić information content (AvgIpc) is 3.25. The molecule has 2 unspecified atom stereocenters. The molecule has 2 aliphatic rings. The van der Waals surface area contributed by atoms with Crippen LogP contribution in [0.15, 0.2) is 39.2 Å². The molecule has 1 aromatic carbocycles. The Morgan fingerprint density at radius 1 is 1.27 bits per heavy atom. The second-order valence-electron chi connectivity index (χ2n) is 8.17. The molecular formula is C21H24BrCl2N4OS+. The molecular weight excluding hydrogens is 507 g/mol. The molecule has 0 bridgehead atoms. The van der Waals surface area contributed by atoms with E-state index in [9.17, 15) is 4.79 Å². The zero-order chi connectivity index (χ0) is 21.5. The molecule has 1 fully saturated rings. The third-order valence-electron chi connectivity index (χ3n) is 5.83. The van der Waals surface area contributed by atoms with Crippen molar-refractivity contribution in [3.05, 3.63) is 49.0 Å². The summed E-state index contributed by atoms with van der Waals surface area (Å²) in [5.41, 5.74) is 4.49. The Balaban J connectivity index is 1.69. The lowest BCUT2D eigenvalue weighted by Crippen LogP contribution is -2.61. The summed E-state index contributed by atoms with van der Waals surface area (Å²) in [6, 6.07) is 7.32. The van der Waals surface area contributed by atoms with Gasteiger partial charge >= 0.3 is 5.91 Å². The third-order valence-corrected chi connectivity index (χ3v) is 8.13. The lowest BCUT2D eigenvalue weighted by Gasteiger charge is -2.36. The number of carbonyl (C=O) groups is 1. The lowest BCUT2D eigenvalue weighted by atomic mass is 9.95. The van der Waals surface area contributed by atoms with E-state index in [2.05, 4.69) is 41.4 Å². The maximum absolute atomic E-state index is 13.3. The van der Waals surface area contributed by atoms with Crippen LogP contribution in [0.3, 0.4) is 0 Å². The molecule has 2 atom stereocenters. The van der Waals surface area contributed by atoms with Gasteiger partial charge in [-0.05, 0) is 59.5 Å². The zero-order valence-corrected chi connectivity index (χ0v) is 20.8. The van der Waals surface area contributed by atoms with Gasteiger partial charge in [0.15, 0.2) is 0 Å². The van der Waals surface area contributed by atoms with E-state index in [-0.39, 0.29) is 17.9 Å². The van der Waals surface area contributed by atoms with Crippen LogP contribution in [-0.2, 0) is 4.79 Å². The van der Waals surface area contributed by atoms with Gasteiger partial charge < -0.3 is 0 Å². The second-order valence-corrected chi connectivity index (χ2v) is 10.9. The van der Waals surface area contributed by atoms with Crippen LogP contribution in [0.1, 0.15) is 37.1 Å². The second kappa shape index (κ2) is 8.79. The highest BCUT2D eigenvalue weighted by atomic mass is 79.9. The summed E-state index contributed by atoms with van der Waals surface area (Å²) in [7, 11) is 2.08. The predicted molar refractivity (Wildman–Crippen MR) is 128 cm³/mol. The molecule has 0 aliphatic carbocycles. The fourth-order valence-corrected chi connectivity index (χ4v) is 6.36. The number of likely N-dealkylation sites (tertiary alicyclic amines) is 1. The number of nitrogens with one attached hydrogen (secondary N) is 1. The number of benzene rings is 1. The van der Waals surface area contributed by atoms with Gasteiger partial charge in [-0.15, -0.1) is 11.3 Å². The van der Waals surface area contributed by atoms with Gasteiger partial charge in [0.2, 0.25) is 0 Å². The van der Waals surface area contributed by atoms with Crippen molar-refractivity contribution in [1.29, 1.82) is 0 Å². The largest absolute Gasteiger partial charge is 0.312 e. The van der Waals surface area contributed by atoms with Crippen LogP contribution in [-0.4, -0.2) is 36.3 Å². The number of anilines is 1. The quantitative estimate of drug-likeness (QED) is 0.490. The maximum Gasteiger partial charge on any atom is 0.312 e. The van der Waals surface area contributed by atoms with Crippen molar-refractivity contribution in [2.45, 2.75) is 32.2 Å². The zero-order valence-electron chi connectivity index (χ0n) is 16.9. The van der Waals surface area contributed by atoms with Crippen LogP contribution in [0.4, 0.5) is 5.69 Å². The summed E-state index contributed by atoms with van der Waals surface area (Å²) in [4.78, 5) is 14.4. The normalized spacial score (nSPS) is 23.4. The number of hydrogen-bond donors (Lipinski definition) is 1. The highest BCUT2D eigenvalue weighted by Crippen LogP contribution is 2.44. The van der Waals surface area contributed by atoms with Gasteiger partial charge in [0.25, 0.3) is 0 Å². The molecule has 1 saturated heterocycles. The van der Waals surface area contributed by atoms with Gasteiger partial charge in [0.1, 0.15) is 18.8 Å². The first-order chi connectivity index (χ1) is 14.3. The van der Waals surface area contributed by atoms with Crippen LogP contribution < -0.4 is 10.4 Å². The number of halogens is 3. The predicted octanol–water partition coefficient (Wildman–Crippen LogP) is 6.03. The molecule has 4 rings (SSSR count). The Morgan fingerprint density at radius 2 is 2.00 bits per heavy atom. The highest BCUT2D eigenvalue weighted by Gasteiger charge is 2.42. The summed E-state index contributed by atoms with van der Waals surface area (Å²) in [6.07, 6.45) is 3.47. The van der Waals surface area contributed by atoms with E-state index >= 15 is 0 Å². The minimum absolute atomic E-state index is 0.0984. The van der Waals surface area contributed by atoms with Gasteiger partial charge in [-0.1, -0.05) is 30.1 Å². The van der Waals surface area contributed by atoms with Gasteiger partial charge in [0.05, 0.1) is 23.8 Å². The van der Waals surface area contributed by atoms with Gasteiger partial charge in [-0.3, -0.25) is 9.80 Å². The van der Waals surface area contributed by atoms with E-state index in [1.54, 1.807) is 23.5 Å². The first-order valence-electron chi connectivity index (χ1n) is 10.0. The summed E-state index contributed by atoms with van der Waals surface area (Å²) in [5, 5.41) is 9.77. The van der Waals surface area contributed by atoms with Crippen LogP contribution in [0.5, 0.6) is 0 Å². The first-order valence-corrected chi connectivity index (χ1v) is 12.4. The summed E-state index contributed by atoms with van der Waals surface area (Å²) < 4.78 is 1.57. The molecule has 30 heavy (non-hydrogen) atoms. The molecule has 9 heteroatoms. The van der Waals surface area contributed by atoms with E-state index in [4.69, 9.17) is 28.3 Å². The topological polar surface area (TPSA) is 44.7 Å². The summed E-state index contributed by atoms with van der Waals surface area (Å²) in [5.74, 6) is -0.209. The lowest BCUT2D eigenvalue weighted by molar-refractivity contribution is -0.947. The van der Waals surface area contributed by atoms with Crippen molar-refractivity contribution in [1.82, 2.24) is 5.43 Å². The maximum atomic E-state index is 13.3. The van der Waals surface area contributed by atoms with E-state index in [0.29, 0.717) is 20.3 Å². The number of piperidine rings is 1. The molecule has 2 aliphatic heterocycles. The monoisotopic (exact) mass is 529 g/mol. The number of amides is 1. The van der Waals surface area contributed by atoms with Crippen molar-refractivity contribution < 1.29 is 9.39 Å². The molecule has 0 radical (unpaired) electrons. The minimum atomic E-state index is -0.118. The van der Waals surface area contributed by atoms with Crippen LogP contribution in [0.2, 0.25) is 10.0 Å². The SMILES string of the molecule is CC1C(C(=O)N[N+]2(C)CCCCC2)=NN(c2ccc(Cl)cc2Cl)C1c1cc(Br)cs1. The minimum Gasteiger partial charge on any atom is -0.263 e. The van der Waals surface area contributed by atoms with Crippen molar-refractivity contribution >= 4 is 67.8 Å². The fourth-order valence-electron chi connectivity index (χ4n) is 4.23. The first kappa shape index (κ1) is 22.1. The molecule has 160 valence electrons. The number of thiophene rings is 1. The van der Waals surface area contributed by atoms with Crippen molar-refractivity contribution in [2.24, 2.45) is 11.0 Å². The summed E-state index contributed by atoms with van der Waals surface area (Å²) >= 11 is 17.8. The highest BCUT2D eigenvalue weighted by molar-refractivity contribution is 9.10. The number of carbonyl (C=O) groups excluding carboxylic acids is 1. The smallest absolute Gasteiger partial charge is 0.263 e. The van der Waals surface area contributed by atoms with Crippen molar-refractivity contribution in [3.8, 4) is 0 Å². The van der Waals surface area contributed by atoms with Crippen molar-refractivity contribution in [3.63, 3.8) is 0 Å². The molecule has 1 aromatic heterocycles. The van der Waals surface area contributed by atoms with Gasteiger partial charge in [0, 0.05) is 25.7 Å². The van der Waals surface area contributed by atoms with Crippen molar-refractivity contribution in [2.75, 3.05) is 25.1 Å². The van der Waals surface area contributed by atoms with E-state index in [0.717, 1.165) is 41.0 Å². The van der Waals surface area contributed by atoms with Crippen LogP contribution in [0, 0.1) is 5.92 Å². The molecule has 2 aromatic rings. The fraction of sp³-hybridized carbons (Fsp3) is 0.429. The number of rotatable bonds is 4. The van der Waals surface area contributed by atoms with Gasteiger partial charge in [-0.2, -0.15) is 10.5 Å². The van der Waals surface area contributed by atoms with Crippen LogP contribution in [0.25, 0.3) is 0 Å². The van der Waals surface area contributed by atoms with E-state index in [1.807, 2.05) is 16.5 Å².